The number of hydrogen-bond donors (Lipinski definition) is 2. The largest absolute Gasteiger partial charge is 0.491 e. The quantitative estimate of drug-likeness (QED) is 0.450. The molecule has 5 rings (SSSR count). The number of nitrogens with one attached hydrogen (secondary N) is 2. The number of H-pyrrole nitrogens is 1. The predicted octanol–water partition coefficient (Wildman–Crippen LogP) is 1.39. The van der Waals surface area contributed by atoms with Gasteiger partial charge in [0.1, 0.15) is 11.7 Å². The number of carbonyl (C=O) groups excluding carboxylic acids is 1. The lowest BCUT2D eigenvalue weighted by Gasteiger charge is -2.32. The molecule has 3 aromatic rings. The normalized spacial score (nSPS) is 15.7. The molecular weight excluding hydrogens is 400 g/mol. The standard InChI is InChI=1S/C20H18N8O3/c1-30-19-15(31-11-16-24-26-27-25-16)5-4-13-18(19)23-17(28-8-7-22-20(13)28)9-14(29)12-3-2-6-21-10-12/h2-6,9-10,23H,7-8,11H2,1H3,(H,24,25,26,27)/b17-9+. The first-order chi connectivity index (χ1) is 15.2. The summed E-state index contributed by atoms with van der Waals surface area (Å²) < 4.78 is 11.5. The Hall–Kier alpha value is -4.28. The Balaban J connectivity index is 1.51. The highest BCUT2D eigenvalue weighted by Crippen LogP contribution is 2.43. The Morgan fingerprint density at radius 3 is 3.03 bits per heavy atom. The van der Waals surface area contributed by atoms with Gasteiger partial charge >= 0.3 is 0 Å². The van der Waals surface area contributed by atoms with E-state index in [1.54, 1.807) is 37.7 Å². The Kier molecular flexibility index (Phi) is 4.75. The number of carbonyl (C=O) groups is 1. The zero-order valence-electron chi connectivity index (χ0n) is 16.6. The van der Waals surface area contributed by atoms with E-state index in [1.165, 1.54) is 0 Å². The maximum Gasteiger partial charge on any atom is 0.211 e. The van der Waals surface area contributed by atoms with Crippen LogP contribution in [0.15, 0.2) is 53.5 Å². The average molecular weight is 418 g/mol. The number of hydrogen-bond acceptors (Lipinski definition) is 10. The fourth-order valence-corrected chi connectivity index (χ4v) is 3.51. The number of ketones is 1. The van der Waals surface area contributed by atoms with Crippen molar-refractivity contribution in [1.82, 2.24) is 30.5 Å². The molecule has 2 aliphatic heterocycles. The van der Waals surface area contributed by atoms with E-state index < -0.39 is 0 Å². The van der Waals surface area contributed by atoms with Gasteiger partial charge in [-0.3, -0.25) is 14.8 Å². The SMILES string of the molecule is COc1c(OCc2nn[nH]n2)ccc2c1N/C(=C\C(=O)c1cccnc1)N1CCN=C21. The van der Waals surface area contributed by atoms with Gasteiger partial charge in [0, 0.05) is 36.1 Å². The summed E-state index contributed by atoms with van der Waals surface area (Å²) in [5, 5.41) is 17.0. The van der Waals surface area contributed by atoms with Crippen LogP contribution < -0.4 is 14.8 Å². The molecule has 4 heterocycles. The maximum atomic E-state index is 12.8. The van der Waals surface area contributed by atoms with Crippen molar-refractivity contribution in [2.75, 3.05) is 25.5 Å². The highest BCUT2D eigenvalue weighted by atomic mass is 16.5. The lowest BCUT2D eigenvalue weighted by atomic mass is 10.1. The van der Waals surface area contributed by atoms with Crippen LogP contribution in [0.2, 0.25) is 0 Å². The Bertz CT molecular complexity index is 1170. The summed E-state index contributed by atoms with van der Waals surface area (Å²) in [6.45, 7) is 1.43. The smallest absolute Gasteiger partial charge is 0.211 e. The van der Waals surface area contributed by atoms with Gasteiger partial charge in [-0.2, -0.15) is 5.21 Å². The minimum atomic E-state index is -0.159. The molecular formula is C20H18N8O3. The van der Waals surface area contributed by atoms with Crippen LogP contribution in [0.5, 0.6) is 11.5 Å². The molecule has 31 heavy (non-hydrogen) atoms. The average Bonchev–Trinajstić information content (AvgIpc) is 3.50. The summed E-state index contributed by atoms with van der Waals surface area (Å²) in [4.78, 5) is 23.4. The molecule has 0 saturated heterocycles. The zero-order valence-corrected chi connectivity index (χ0v) is 16.6. The van der Waals surface area contributed by atoms with Crippen LogP contribution in [-0.2, 0) is 6.61 Å². The van der Waals surface area contributed by atoms with E-state index in [0.29, 0.717) is 47.5 Å². The first kappa shape index (κ1) is 18.7. The second kappa shape index (κ2) is 7.86. The summed E-state index contributed by atoms with van der Waals surface area (Å²) in [5.41, 5.74) is 2.05. The van der Waals surface area contributed by atoms with Crippen molar-refractivity contribution in [3.8, 4) is 11.5 Å². The highest BCUT2D eigenvalue weighted by Gasteiger charge is 2.33. The molecule has 11 heteroatoms. The number of aromatic nitrogens is 5. The fraction of sp³-hybridized carbons (Fsp3) is 0.200. The number of amidine groups is 1. The van der Waals surface area contributed by atoms with Crippen molar-refractivity contribution in [2.45, 2.75) is 6.61 Å². The van der Waals surface area contributed by atoms with Gasteiger partial charge in [-0.05, 0) is 24.3 Å². The lowest BCUT2D eigenvalue weighted by molar-refractivity contribution is 0.104. The summed E-state index contributed by atoms with van der Waals surface area (Å²) in [5.74, 6) is 2.65. The number of methoxy groups -OCH3 is 1. The molecule has 2 aliphatic rings. The van der Waals surface area contributed by atoms with Crippen LogP contribution in [0.1, 0.15) is 21.7 Å². The van der Waals surface area contributed by atoms with Crippen LogP contribution in [0.25, 0.3) is 0 Å². The van der Waals surface area contributed by atoms with Gasteiger partial charge in [-0.25, -0.2) is 0 Å². The minimum Gasteiger partial charge on any atom is -0.491 e. The summed E-state index contributed by atoms with van der Waals surface area (Å²) >= 11 is 0. The van der Waals surface area contributed by atoms with Gasteiger partial charge in [0.15, 0.2) is 23.9 Å². The van der Waals surface area contributed by atoms with Crippen molar-refractivity contribution < 1.29 is 14.3 Å². The number of fused-ring (bicyclic) bond motifs is 3. The van der Waals surface area contributed by atoms with Gasteiger partial charge in [-0.1, -0.05) is 5.21 Å². The monoisotopic (exact) mass is 418 g/mol. The Morgan fingerprint density at radius 1 is 1.32 bits per heavy atom. The summed E-state index contributed by atoms with van der Waals surface area (Å²) in [6.07, 6.45) is 4.72. The Labute approximate surface area is 176 Å². The van der Waals surface area contributed by atoms with Crippen molar-refractivity contribution >= 4 is 17.3 Å². The molecule has 11 nitrogen and oxygen atoms in total. The molecule has 0 amide bonds. The topological polar surface area (TPSA) is 131 Å². The van der Waals surface area contributed by atoms with Gasteiger partial charge in [0.2, 0.25) is 5.82 Å². The van der Waals surface area contributed by atoms with Crippen LogP contribution in [-0.4, -0.2) is 62.3 Å². The Morgan fingerprint density at radius 2 is 2.26 bits per heavy atom. The first-order valence-electron chi connectivity index (χ1n) is 9.56. The molecule has 1 aromatic carbocycles. The van der Waals surface area contributed by atoms with Crippen molar-refractivity contribution in [2.24, 2.45) is 4.99 Å². The number of allylic oxidation sites excluding steroid dienone is 1. The lowest BCUT2D eigenvalue weighted by Crippen LogP contribution is -2.36. The van der Waals surface area contributed by atoms with Crippen LogP contribution in [0.4, 0.5) is 5.69 Å². The molecule has 0 fully saturated rings. The van der Waals surface area contributed by atoms with Gasteiger partial charge in [0.05, 0.1) is 19.3 Å². The van der Waals surface area contributed by atoms with Gasteiger partial charge < -0.3 is 19.7 Å². The molecule has 0 atom stereocenters. The molecule has 0 spiro atoms. The van der Waals surface area contributed by atoms with Crippen LogP contribution in [0.3, 0.4) is 0 Å². The second-order valence-corrected chi connectivity index (χ2v) is 6.75. The predicted molar refractivity (Wildman–Crippen MR) is 110 cm³/mol. The van der Waals surface area contributed by atoms with E-state index in [0.717, 1.165) is 11.4 Å². The number of pyridine rings is 1. The number of anilines is 1. The third kappa shape index (κ3) is 3.45. The molecule has 0 unspecified atom stereocenters. The molecule has 156 valence electrons. The second-order valence-electron chi connectivity index (χ2n) is 6.75. The molecule has 0 saturated carbocycles. The van der Waals surface area contributed by atoms with Gasteiger partial charge in [-0.15, -0.1) is 10.2 Å². The number of aromatic amines is 1. The van der Waals surface area contributed by atoms with E-state index in [4.69, 9.17) is 9.47 Å². The number of aliphatic imine (C=N–C) groups is 1. The first-order valence-corrected chi connectivity index (χ1v) is 9.56. The van der Waals surface area contributed by atoms with E-state index in [-0.39, 0.29) is 12.4 Å². The fourth-order valence-electron chi connectivity index (χ4n) is 3.51. The van der Waals surface area contributed by atoms with Crippen molar-refractivity contribution in [3.63, 3.8) is 0 Å². The van der Waals surface area contributed by atoms with Crippen molar-refractivity contribution in [1.29, 1.82) is 0 Å². The summed E-state index contributed by atoms with van der Waals surface area (Å²) in [7, 11) is 1.56. The number of tetrazole rings is 1. The van der Waals surface area contributed by atoms with Gasteiger partial charge in [0.25, 0.3) is 0 Å². The maximum absolute atomic E-state index is 12.8. The molecule has 0 radical (unpaired) electrons. The number of benzene rings is 1. The van der Waals surface area contributed by atoms with Crippen LogP contribution >= 0.6 is 0 Å². The molecule has 2 N–H and O–H groups in total. The van der Waals surface area contributed by atoms with E-state index in [9.17, 15) is 4.79 Å². The van der Waals surface area contributed by atoms with Crippen LogP contribution in [0, 0.1) is 0 Å². The van der Waals surface area contributed by atoms with E-state index >= 15 is 0 Å². The van der Waals surface area contributed by atoms with E-state index in [2.05, 4.69) is 35.9 Å². The summed E-state index contributed by atoms with van der Waals surface area (Å²) in [6, 6.07) is 7.18. The zero-order chi connectivity index (χ0) is 21.2. The van der Waals surface area contributed by atoms with E-state index in [1.807, 2.05) is 17.0 Å². The third-order valence-corrected chi connectivity index (χ3v) is 4.91. The molecule has 0 bridgehead atoms. The number of nitrogens with zero attached hydrogens (tertiary/aromatic N) is 6. The van der Waals surface area contributed by atoms with Crippen molar-refractivity contribution in [3.05, 3.63) is 65.5 Å². The minimum absolute atomic E-state index is 0.126. The highest BCUT2D eigenvalue weighted by molar-refractivity contribution is 6.11. The third-order valence-electron chi connectivity index (χ3n) is 4.91. The number of ether oxygens (including phenoxy) is 2. The number of rotatable bonds is 6. The molecule has 2 aromatic heterocycles. The molecule has 0 aliphatic carbocycles.